The summed E-state index contributed by atoms with van der Waals surface area (Å²) in [7, 11) is 0. The second-order valence-corrected chi connectivity index (χ2v) is 5.24. The van der Waals surface area contributed by atoms with Crippen molar-refractivity contribution in [1.82, 2.24) is 15.3 Å². The Bertz CT molecular complexity index is 377. The molecular formula is C13H22N4O. The van der Waals surface area contributed by atoms with Gasteiger partial charge in [0.2, 0.25) is 5.95 Å². The Morgan fingerprint density at radius 1 is 1.44 bits per heavy atom. The first-order valence-electron chi connectivity index (χ1n) is 6.60. The van der Waals surface area contributed by atoms with Gasteiger partial charge < -0.3 is 15.3 Å². The van der Waals surface area contributed by atoms with Gasteiger partial charge in [0.05, 0.1) is 5.60 Å². The first kappa shape index (κ1) is 13.2. The summed E-state index contributed by atoms with van der Waals surface area (Å²) in [6, 6.07) is 0. The van der Waals surface area contributed by atoms with Crippen LogP contribution < -0.4 is 10.2 Å². The van der Waals surface area contributed by atoms with Gasteiger partial charge in [0.1, 0.15) is 0 Å². The Morgan fingerprint density at radius 2 is 2.17 bits per heavy atom. The van der Waals surface area contributed by atoms with E-state index < -0.39 is 5.60 Å². The van der Waals surface area contributed by atoms with E-state index in [-0.39, 0.29) is 0 Å². The molecule has 0 amide bonds. The highest BCUT2D eigenvalue weighted by Crippen LogP contribution is 2.23. The standard InChI is InChI=1S/C13H22N4O/c1-3-5-14-7-11-8-15-12(16-9-11)17-6-4-13(2,18)10-17/h8-9,14,18H,3-7,10H2,1-2H3. The molecule has 0 radical (unpaired) electrons. The number of nitrogens with zero attached hydrogens (tertiary/aromatic N) is 3. The molecule has 2 N–H and O–H groups in total. The molecule has 1 aromatic rings. The fourth-order valence-electron chi connectivity index (χ4n) is 2.13. The van der Waals surface area contributed by atoms with Crippen molar-refractivity contribution < 1.29 is 5.11 Å². The van der Waals surface area contributed by atoms with Crippen molar-refractivity contribution >= 4 is 5.95 Å². The minimum atomic E-state index is -0.606. The lowest BCUT2D eigenvalue weighted by Gasteiger charge is -2.18. The van der Waals surface area contributed by atoms with E-state index in [1.807, 2.05) is 24.2 Å². The van der Waals surface area contributed by atoms with Crippen molar-refractivity contribution in [2.75, 3.05) is 24.5 Å². The van der Waals surface area contributed by atoms with Crippen LogP contribution in [0.4, 0.5) is 5.95 Å². The number of hydrogen-bond acceptors (Lipinski definition) is 5. The summed E-state index contributed by atoms with van der Waals surface area (Å²) in [6.45, 7) is 7.26. The molecular weight excluding hydrogens is 228 g/mol. The quantitative estimate of drug-likeness (QED) is 0.762. The van der Waals surface area contributed by atoms with Crippen molar-refractivity contribution in [2.24, 2.45) is 0 Å². The average Bonchev–Trinajstić information content (AvgIpc) is 2.71. The maximum Gasteiger partial charge on any atom is 0.225 e. The summed E-state index contributed by atoms with van der Waals surface area (Å²) in [5, 5.41) is 13.2. The minimum Gasteiger partial charge on any atom is -0.388 e. The lowest BCUT2D eigenvalue weighted by atomic mass is 10.1. The fourth-order valence-corrected chi connectivity index (χ4v) is 2.13. The molecule has 0 aromatic carbocycles. The van der Waals surface area contributed by atoms with E-state index >= 15 is 0 Å². The smallest absolute Gasteiger partial charge is 0.225 e. The second kappa shape index (κ2) is 5.63. The molecule has 100 valence electrons. The fraction of sp³-hybridized carbons (Fsp3) is 0.692. The Hall–Kier alpha value is -1.20. The topological polar surface area (TPSA) is 61.3 Å². The Kier molecular flexibility index (Phi) is 4.14. The van der Waals surface area contributed by atoms with Gasteiger partial charge in [-0.3, -0.25) is 0 Å². The highest BCUT2D eigenvalue weighted by atomic mass is 16.3. The average molecular weight is 250 g/mol. The molecule has 5 heteroatoms. The van der Waals surface area contributed by atoms with E-state index in [0.717, 1.165) is 38.0 Å². The highest BCUT2D eigenvalue weighted by molar-refractivity contribution is 5.33. The number of anilines is 1. The van der Waals surface area contributed by atoms with Crippen molar-refractivity contribution in [3.63, 3.8) is 0 Å². The van der Waals surface area contributed by atoms with Crippen molar-refractivity contribution in [3.8, 4) is 0 Å². The number of β-amino-alcohol motifs (C(OH)–C–C–N with tert-alkyl or cyclic N) is 1. The lowest BCUT2D eigenvalue weighted by Crippen LogP contribution is -2.30. The molecule has 1 fully saturated rings. The summed E-state index contributed by atoms with van der Waals surface area (Å²) < 4.78 is 0. The zero-order valence-corrected chi connectivity index (χ0v) is 11.2. The third kappa shape index (κ3) is 3.40. The third-order valence-electron chi connectivity index (χ3n) is 3.18. The van der Waals surface area contributed by atoms with Crippen LogP contribution in [0.3, 0.4) is 0 Å². The molecule has 1 saturated heterocycles. The number of aliphatic hydroxyl groups is 1. The molecule has 0 aliphatic carbocycles. The predicted molar refractivity (Wildman–Crippen MR) is 71.5 cm³/mol. The molecule has 1 aliphatic heterocycles. The molecule has 1 aliphatic rings. The third-order valence-corrected chi connectivity index (χ3v) is 3.18. The molecule has 2 heterocycles. The number of rotatable bonds is 5. The molecule has 0 saturated carbocycles. The van der Waals surface area contributed by atoms with Gasteiger partial charge in [0, 0.05) is 37.6 Å². The van der Waals surface area contributed by atoms with Gasteiger partial charge in [-0.2, -0.15) is 0 Å². The summed E-state index contributed by atoms with van der Waals surface area (Å²) >= 11 is 0. The van der Waals surface area contributed by atoms with E-state index in [4.69, 9.17) is 0 Å². The molecule has 5 nitrogen and oxygen atoms in total. The Morgan fingerprint density at radius 3 is 2.72 bits per heavy atom. The molecule has 1 atom stereocenters. The SMILES string of the molecule is CCCNCc1cnc(N2CCC(C)(O)C2)nc1. The zero-order chi connectivity index (χ0) is 13.0. The normalized spacial score (nSPS) is 23.6. The van der Waals surface area contributed by atoms with Crippen LogP contribution in [0.25, 0.3) is 0 Å². The van der Waals surface area contributed by atoms with E-state index in [2.05, 4.69) is 22.2 Å². The number of aromatic nitrogens is 2. The lowest BCUT2D eigenvalue weighted by molar-refractivity contribution is 0.0838. The van der Waals surface area contributed by atoms with Crippen LogP contribution in [0.1, 0.15) is 32.3 Å². The summed E-state index contributed by atoms with van der Waals surface area (Å²) in [5.41, 5.74) is 0.489. The summed E-state index contributed by atoms with van der Waals surface area (Å²) in [5.74, 6) is 0.715. The number of hydrogen-bond donors (Lipinski definition) is 2. The first-order valence-corrected chi connectivity index (χ1v) is 6.60. The van der Waals surface area contributed by atoms with Gasteiger partial charge in [-0.05, 0) is 26.3 Å². The molecule has 2 rings (SSSR count). The number of nitrogens with one attached hydrogen (secondary N) is 1. The largest absolute Gasteiger partial charge is 0.388 e. The van der Waals surface area contributed by atoms with Gasteiger partial charge >= 0.3 is 0 Å². The Labute approximate surface area is 108 Å². The minimum absolute atomic E-state index is 0.606. The Balaban J connectivity index is 1.92. The van der Waals surface area contributed by atoms with Gasteiger partial charge in [-0.25, -0.2) is 9.97 Å². The van der Waals surface area contributed by atoms with Crippen LogP contribution in [0, 0.1) is 0 Å². The van der Waals surface area contributed by atoms with Gasteiger partial charge in [-0.1, -0.05) is 6.92 Å². The van der Waals surface area contributed by atoms with E-state index in [1.54, 1.807) is 0 Å². The molecule has 0 bridgehead atoms. The van der Waals surface area contributed by atoms with Crippen molar-refractivity contribution in [1.29, 1.82) is 0 Å². The van der Waals surface area contributed by atoms with Crippen molar-refractivity contribution in [2.45, 2.75) is 38.8 Å². The maximum absolute atomic E-state index is 9.92. The van der Waals surface area contributed by atoms with Crippen LogP contribution in [-0.2, 0) is 6.54 Å². The van der Waals surface area contributed by atoms with Crippen LogP contribution in [-0.4, -0.2) is 40.3 Å². The summed E-state index contributed by atoms with van der Waals surface area (Å²) in [4.78, 5) is 10.8. The highest BCUT2D eigenvalue weighted by Gasteiger charge is 2.32. The van der Waals surface area contributed by atoms with Crippen LogP contribution in [0.15, 0.2) is 12.4 Å². The molecule has 18 heavy (non-hydrogen) atoms. The van der Waals surface area contributed by atoms with Crippen LogP contribution >= 0.6 is 0 Å². The predicted octanol–water partition coefficient (Wildman–Crippen LogP) is 0.937. The maximum atomic E-state index is 9.92. The molecule has 1 aromatic heterocycles. The molecule has 1 unspecified atom stereocenters. The van der Waals surface area contributed by atoms with E-state index in [9.17, 15) is 5.11 Å². The van der Waals surface area contributed by atoms with Gasteiger partial charge in [0.15, 0.2) is 0 Å². The van der Waals surface area contributed by atoms with Crippen molar-refractivity contribution in [3.05, 3.63) is 18.0 Å². The van der Waals surface area contributed by atoms with Gasteiger partial charge in [-0.15, -0.1) is 0 Å². The second-order valence-electron chi connectivity index (χ2n) is 5.24. The zero-order valence-electron chi connectivity index (χ0n) is 11.2. The van der Waals surface area contributed by atoms with E-state index in [0.29, 0.717) is 12.5 Å². The first-order chi connectivity index (χ1) is 8.61. The van der Waals surface area contributed by atoms with Crippen LogP contribution in [0.2, 0.25) is 0 Å². The summed E-state index contributed by atoms with van der Waals surface area (Å²) in [6.07, 6.45) is 5.62. The van der Waals surface area contributed by atoms with Crippen LogP contribution in [0.5, 0.6) is 0 Å². The molecule has 0 spiro atoms. The van der Waals surface area contributed by atoms with Gasteiger partial charge in [0.25, 0.3) is 0 Å². The van der Waals surface area contributed by atoms with E-state index in [1.165, 1.54) is 0 Å². The monoisotopic (exact) mass is 250 g/mol.